The van der Waals surface area contributed by atoms with E-state index in [9.17, 15) is 31.5 Å². The zero-order valence-corrected chi connectivity index (χ0v) is 16.1. The van der Waals surface area contributed by atoms with Crippen LogP contribution in [0.25, 0.3) is 0 Å². The minimum Gasteiger partial charge on any atom is -0.319 e. The molecule has 1 aliphatic rings. The fourth-order valence-corrected chi connectivity index (χ4v) is 3.97. The molecule has 0 bridgehead atoms. The summed E-state index contributed by atoms with van der Waals surface area (Å²) >= 11 is 1.19. The third-order valence-electron chi connectivity index (χ3n) is 4.39. The second-order valence-corrected chi connectivity index (χ2v) is 7.34. The first-order chi connectivity index (χ1) is 14.8. The molecule has 0 saturated heterocycles. The lowest BCUT2D eigenvalue weighted by Crippen LogP contribution is -2.38. The van der Waals surface area contributed by atoms with Gasteiger partial charge in [-0.05, 0) is 24.3 Å². The van der Waals surface area contributed by atoms with Crippen molar-refractivity contribution in [3.8, 4) is 0 Å². The quantitative estimate of drug-likeness (QED) is 0.361. The van der Waals surface area contributed by atoms with Crippen molar-refractivity contribution < 1.29 is 31.5 Å². The average molecular weight is 451 g/mol. The van der Waals surface area contributed by atoms with Gasteiger partial charge < -0.3 is 5.32 Å². The van der Waals surface area contributed by atoms with Crippen LogP contribution in [0.15, 0.2) is 52.5 Å². The predicted octanol–water partition coefficient (Wildman–Crippen LogP) is 4.53. The Kier molecular flexibility index (Phi) is 5.36. The molecule has 158 valence electrons. The number of amides is 2. The molecule has 31 heavy (non-hydrogen) atoms. The summed E-state index contributed by atoms with van der Waals surface area (Å²) in [7, 11) is 0. The Morgan fingerprint density at radius 3 is 2.29 bits per heavy atom. The number of para-hydroxylation sites is 1. The van der Waals surface area contributed by atoms with Gasteiger partial charge in [-0.25, -0.2) is 26.9 Å². The maximum absolute atomic E-state index is 13.9. The van der Waals surface area contributed by atoms with E-state index in [0.29, 0.717) is 15.6 Å². The number of hydrogen-bond acceptors (Lipinski definition) is 4. The molecule has 1 aromatic heterocycles. The van der Waals surface area contributed by atoms with E-state index < -0.39 is 53.1 Å². The van der Waals surface area contributed by atoms with E-state index in [4.69, 9.17) is 0 Å². The second-order valence-electron chi connectivity index (χ2n) is 6.31. The van der Waals surface area contributed by atoms with E-state index in [2.05, 4.69) is 4.98 Å². The average Bonchev–Trinajstić information content (AvgIpc) is 2.89. The molecule has 0 fully saturated rings. The fourth-order valence-electron chi connectivity index (χ4n) is 2.95. The SMILES string of the molecule is O=C(CN1C(=O)c2cccnc2Sc2ccccc21)Nc1c(F)c(F)c(F)c(F)c1F. The Hall–Kier alpha value is -3.47. The van der Waals surface area contributed by atoms with Gasteiger partial charge in [0, 0.05) is 11.1 Å². The second kappa shape index (κ2) is 7.99. The highest BCUT2D eigenvalue weighted by atomic mass is 32.2. The molecular weight excluding hydrogens is 441 g/mol. The first kappa shape index (κ1) is 20.8. The highest BCUT2D eigenvalue weighted by Gasteiger charge is 2.31. The molecule has 0 radical (unpaired) electrons. The number of benzene rings is 2. The van der Waals surface area contributed by atoms with E-state index in [-0.39, 0.29) is 5.56 Å². The molecule has 0 aliphatic carbocycles. The third-order valence-corrected chi connectivity index (χ3v) is 5.47. The number of pyridine rings is 1. The Labute approximate surface area is 175 Å². The maximum atomic E-state index is 13.9. The van der Waals surface area contributed by atoms with Crippen LogP contribution in [-0.4, -0.2) is 23.3 Å². The Morgan fingerprint density at radius 1 is 0.935 bits per heavy atom. The summed E-state index contributed by atoms with van der Waals surface area (Å²) in [4.78, 5) is 31.3. The first-order valence-corrected chi connectivity index (χ1v) is 9.46. The van der Waals surface area contributed by atoms with Crippen LogP contribution in [0.5, 0.6) is 0 Å². The van der Waals surface area contributed by atoms with Crippen LogP contribution in [0.2, 0.25) is 0 Å². The van der Waals surface area contributed by atoms with Crippen molar-refractivity contribution in [2.45, 2.75) is 9.92 Å². The van der Waals surface area contributed by atoms with Crippen LogP contribution in [-0.2, 0) is 4.79 Å². The molecule has 0 spiro atoms. The van der Waals surface area contributed by atoms with Crippen molar-refractivity contribution in [1.82, 2.24) is 4.98 Å². The molecule has 5 nitrogen and oxygen atoms in total. The number of aromatic nitrogens is 1. The summed E-state index contributed by atoms with van der Waals surface area (Å²) in [5.41, 5.74) is -0.982. The van der Waals surface area contributed by atoms with E-state index in [1.165, 1.54) is 30.1 Å². The van der Waals surface area contributed by atoms with E-state index in [1.807, 2.05) is 0 Å². The number of nitrogens with zero attached hydrogens (tertiary/aromatic N) is 2. The minimum atomic E-state index is -2.34. The summed E-state index contributed by atoms with van der Waals surface area (Å²) in [6.07, 6.45) is 1.49. The van der Waals surface area contributed by atoms with Gasteiger partial charge in [0.1, 0.15) is 17.3 Å². The number of hydrogen-bond donors (Lipinski definition) is 1. The molecule has 2 aromatic carbocycles. The van der Waals surface area contributed by atoms with Gasteiger partial charge in [-0.3, -0.25) is 14.5 Å². The van der Waals surface area contributed by atoms with E-state index in [1.54, 1.807) is 29.6 Å². The molecule has 4 rings (SSSR count). The third kappa shape index (κ3) is 3.61. The molecular formula is C20H10F5N3O2S. The predicted molar refractivity (Wildman–Crippen MR) is 101 cm³/mol. The summed E-state index contributed by atoms with van der Waals surface area (Å²) in [6, 6.07) is 9.59. The smallest absolute Gasteiger partial charge is 0.261 e. The summed E-state index contributed by atoms with van der Waals surface area (Å²) in [6.45, 7) is -0.746. The van der Waals surface area contributed by atoms with Gasteiger partial charge >= 0.3 is 0 Å². The standard InChI is InChI=1S/C20H10F5N3O2S/c21-13-14(22)16(24)18(17(25)15(13)23)27-12(29)8-28-10-5-1-2-6-11(10)31-19-9(20(28)30)4-3-7-26-19/h1-7H,8H2,(H,27,29). The number of carbonyl (C=O) groups excluding carboxylic acids is 2. The maximum Gasteiger partial charge on any atom is 0.261 e. The topological polar surface area (TPSA) is 62.3 Å². The highest BCUT2D eigenvalue weighted by Crippen LogP contribution is 2.40. The van der Waals surface area contributed by atoms with Gasteiger partial charge in [-0.1, -0.05) is 23.9 Å². The van der Waals surface area contributed by atoms with Gasteiger partial charge in [-0.2, -0.15) is 0 Å². The number of nitrogens with one attached hydrogen (secondary N) is 1. The lowest BCUT2D eigenvalue weighted by atomic mass is 10.2. The molecule has 0 unspecified atom stereocenters. The van der Waals surface area contributed by atoms with Gasteiger partial charge in [-0.15, -0.1) is 0 Å². The molecule has 11 heteroatoms. The summed E-state index contributed by atoms with van der Waals surface area (Å²) < 4.78 is 67.8. The molecule has 2 amide bonds. The molecule has 0 atom stereocenters. The molecule has 1 N–H and O–H groups in total. The van der Waals surface area contributed by atoms with Gasteiger partial charge in [0.05, 0.1) is 11.3 Å². The van der Waals surface area contributed by atoms with Crippen molar-refractivity contribution in [2.24, 2.45) is 0 Å². The monoisotopic (exact) mass is 451 g/mol. The Bertz CT molecular complexity index is 1210. The summed E-state index contributed by atoms with van der Waals surface area (Å²) in [5.74, 6) is -12.9. The van der Waals surface area contributed by atoms with Crippen LogP contribution in [0.3, 0.4) is 0 Å². The molecule has 3 aromatic rings. The molecule has 1 aliphatic heterocycles. The number of halogens is 5. The van der Waals surface area contributed by atoms with Crippen molar-refractivity contribution in [3.05, 3.63) is 77.2 Å². The number of fused-ring (bicyclic) bond motifs is 2. The van der Waals surface area contributed by atoms with Crippen LogP contribution >= 0.6 is 11.8 Å². The lowest BCUT2D eigenvalue weighted by Gasteiger charge is -2.22. The largest absolute Gasteiger partial charge is 0.319 e. The normalized spacial score (nSPS) is 12.8. The van der Waals surface area contributed by atoms with Crippen molar-refractivity contribution >= 4 is 35.0 Å². The minimum absolute atomic E-state index is 0.188. The van der Waals surface area contributed by atoms with Crippen LogP contribution in [0, 0.1) is 29.1 Å². The molecule has 0 saturated carbocycles. The van der Waals surface area contributed by atoms with Crippen LogP contribution in [0.1, 0.15) is 10.4 Å². The zero-order chi connectivity index (χ0) is 22.3. The summed E-state index contributed by atoms with van der Waals surface area (Å²) in [5, 5.41) is 2.07. The van der Waals surface area contributed by atoms with Crippen LogP contribution < -0.4 is 10.2 Å². The number of carbonyl (C=O) groups is 2. The zero-order valence-electron chi connectivity index (χ0n) is 15.3. The Balaban J connectivity index is 1.69. The van der Waals surface area contributed by atoms with Crippen molar-refractivity contribution in [2.75, 3.05) is 16.8 Å². The lowest BCUT2D eigenvalue weighted by molar-refractivity contribution is -0.115. The Morgan fingerprint density at radius 2 is 1.58 bits per heavy atom. The van der Waals surface area contributed by atoms with E-state index in [0.717, 1.165) is 4.90 Å². The first-order valence-electron chi connectivity index (χ1n) is 8.64. The van der Waals surface area contributed by atoms with E-state index >= 15 is 0 Å². The molecule has 2 heterocycles. The number of rotatable bonds is 3. The van der Waals surface area contributed by atoms with Gasteiger partial charge in [0.25, 0.3) is 5.91 Å². The van der Waals surface area contributed by atoms with Gasteiger partial charge in [0.15, 0.2) is 23.3 Å². The highest BCUT2D eigenvalue weighted by molar-refractivity contribution is 7.99. The van der Waals surface area contributed by atoms with Crippen molar-refractivity contribution in [3.63, 3.8) is 0 Å². The van der Waals surface area contributed by atoms with Gasteiger partial charge in [0.2, 0.25) is 11.7 Å². The fraction of sp³-hybridized carbons (Fsp3) is 0.0500. The number of anilines is 2. The van der Waals surface area contributed by atoms with Crippen LogP contribution in [0.4, 0.5) is 33.3 Å². The van der Waals surface area contributed by atoms with Crippen molar-refractivity contribution in [1.29, 1.82) is 0 Å².